The first-order valence-electron chi connectivity index (χ1n) is 5.32. The van der Waals surface area contributed by atoms with Gasteiger partial charge in [0.25, 0.3) is 0 Å². The molecule has 1 amide bonds. The van der Waals surface area contributed by atoms with Gasteiger partial charge in [0.1, 0.15) is 5.92 Å². The average molecular weight is 211 g/mol. The first kappa shape index (κ1) is 13.9. The van der Waals surface area contributed by atoms with Gasteiger partial charge in [-0.25, -0.2) is 0 Å². The van der Waals surface area contributed by atoms with Crippen molar-refractivity contribution in [2.24, 2.45) is 5.92 Å². The van der Waals surface area contributed by atoms with Crippen molar-refractivity contribution in [2.45, 2.75) is 19.8 Å². The summed E-state index contributed by atoms with van der Waals surface area (Å²) in [5.41, 5.74) is 0. The number of hydrogen-bond acceptors (Lipinski definition) is 3. The SMILES string of the molecule is CCC(C#N)C(=O)N(C)CCCN(C)C. The van der Waals surface area contributed by atoms with Crippen LogP contribution in [0.1, 0.15) is 19.8 Å². The molecule has 0 aromatic heterocycles. The van der Waals surface area contributed by atoms with Gasteiger partial charge in [0.2, 0.25) is 5.91 Å². The second-order valence-corrected chi connectivity index (χ2v) is 4.01. The second kappa shape index (κ2) is 7.24. The van der Waals surface area contributed by atoms with E-state index in [4.69, 9.17) is 5.26 Å². The third-order valence-electron chi connectivity index (χ3n) is 2.34. The van der Waals surface area contributed by atoms with E-state index >= 15 is 0 Å². The molecule has 0 saturated heterocycles. The highest BCUT2D eigenvalue weighted by molar-refractivity contribution is 5.80. The molecule has 0 rings (SSSR count). The molecule has 0 bridgehead atoms. The van der Waals surface area contributed by atoms with Gasteiger partial charge in [0.15, 0.2) is 0 Å². The fourth-order valence-corrected chi connectivity index (χ4v) is 1.32. The number of nitrogens with zero attached hydrogens (tertiary/aromatic N) is 3. The Morgan fingerprint density at radius 1 is 1.33 bits per heavy atom. The average Bonchev–Trinajstić information content (AvgIpc) is 2.18. The summed E-state index contributed by atoms with van der Waals surface area (Å²) >= 11 is 0. The molecule has 0 saturated carbocycles. The minimum Gasteiger partial charge on any atom is -0.345 e. The summed E-state index contributed by atoms with van der Waals surface area (Å²) in [4.78, 5) is 15.4. The third-order valence-corrected chi connectivity index (χ3v) is 2.34. The lowest BCUT2D eigenvalue weighted by molar-refractivity contribution is -0.132. The maximum atomic E-state index is 11.7. The van der Waals surface area contributed by atoms with E-state index in [1.54, 1.807) is 11.9 Å². The fraction of sp³-hybridized carbons (Fsp3) is 0.818. The maximum Gasteiger partial charge on any atom is 0.239 e. The monoisotopic (exact) mass is 211 g/mol. The summed E-state index contributed by atoms with van der Waals surface area (Å²) in [5.74, 6) is -0.534. The summed E-state index contributed by atoms with van der Waals surface area (Å²) in [6.07, 6.45) is 1.53. The Bertz CT molecular complexity index is 232. The molecule has 0 aliphatic carbocycles. The molecule has 0 N–H and O–H groups in total. The Hall–Kier alpha value is -1.08. The molecule has 0 aromatic rings. The predicted molar refractivity (Wildman–Crippen MR) is 60.2 cm³/mol. The Morgan fingerprint density at radius 2 is 1.93 bits per heavy atom. The zero-order valence-corrected chi connectivity index (χ0v) is 10.2. The molecule has 0 aromatic carbocycles. The molecule has 15 heavy (non-hydrogen) atoms. The van der Waals surface area contributed by atoms with Crippen molar-refractivity contribution in [2.75, 3.05) is 34.2 Å². The van der Waals surface area contributed by atoms with Crippen molar-refractivity contribution in [1.29, 1.82) is 5.26 Å². The highest BCUT2D eigenvalue weighted by atomic mass is 16.2. The van der Waals surface area contributed by atoms with Crippen LogP contribution < -0.4 is 0 Å². The van der Waals surface area contributed by atoms with Crippen LogP contribution >= 0.6 is 0 Å². The van der Waals surface area contributed by atoms with Crippen LogP contribution in [0.2, 0.25) is 0 Å². The molecular formula is C11H21N3O. The summed E-state index contributed by atoms with van der Waals surface area (Å²) < 4.78 is 0. The molecule has 1 atom stereocenters. The van der Waals surface area contributed by atoms with Crippen molar-refractivity contribution >= 4 is 5.91 Å². The molecule has 0 aliphatic rings. The Morgan fingerprint density at radius 3 is 2.33 bits per heavy atom. The minimum absolute atomic E-state index is 0.0567. The van der Waals surface area contributed by atoms with E-state index in [0.717, 1.165) is 19.5 Å². The van der Waals surface area contributed by atoms with Crippen molar-refractivity contribution < 1.29 is 4.79 Å². The van der Waals surface area contributed by atoms with Crippen LogP contribution in [-0.2, 0) is 4.79 Å². The predicted octanol–water partition coefficient (Wildman–Crippen LogP) is 0.946. The number of carbonyl (C=O) groups excluding carboxylic acids is 1. The Kier molecular flexibility index (Phi) is 6.72. The molecule has 0 radical (unpaired) electrons. The van der Waals surface area contributed by atoms with Crippen molar-refractivity contribution in [3.8, 4) is 6.07 Å². The van der Waals surface area contributed by atoms with Crippen LogP contribution in [0.4, 0.5) is 0 Å². The summed E-state index contributed by atoms with van der Waals surface area (Å²) in [5, 5.41) is 8.75. The lowest BCUT2D eigenvalue weighted by atomic mass is 10.1. The second-order valence-electron chi connectivity index (χ2n) is 4.01. The molecule has 0 aliphatic heterocycles. The molecule has 0 fully saturated rings. The quantitative estimate of drug-likeness (QED) is 0.657. The van der Waals surface area contributed by atoms with E-state index in [-0.39, 0.29) is 5.91 Å². The molecule has 4 heteroatoms. The number of nitriles is 1. The van der Waals surface area contributed by atoms with E-state index in [1.807, 2.05) is 27.1 Å². The van der Waals surface area contributed by atoms with Crippen LogP contribution in [0, 0.1) is 17.2 Å². The molecule has 1 unspecified atom stereocenters. The topological polar surface area (TPSA) is 47.3 Å². The van der Waals surface area contributed by atoms with Gasteiger partial charge in [-0.05, 0) is 33.5 Å². The Labute approximate surface area is 92.5 Å². The largest absolute Gasteiger partial charge is 0.345 e. The van der Waals surface area contributed by atoms with Crippen molar-refractivity contribution in [3.63, 3.8) is 0 Å². The lowest BCUT2D eigenvalue weighted by Crippen LogP contribution is -2.34. The van der Waals surface area contributed by atoms with Crippen molar-refractivity contribution in [3.05, 3.63) is 0 Å². The van der Waals surface area contributed by atoms with Gasteiger partial charge in [-0.3, -0.25) is 4.79 Å². The third kappa shape index (κ3) is 5.38. The number of carbonyl (C=O) groups is 1. The molecular weight excluding hydrogens is 190 g/mol. The van der Waals surface area contributed by atoms with Crippen LogP contribution in [0.25, 0.3) is 0 Å². The molecule has 4 nitrogen and oxygen atoms in total. The van der Waals surface area contributed by atoms with Crippen LogP contribution in [0.3, 0.4) is 0 Å². The maximum absolute atomic E-state index is 11.7. The summed E-state index contributed by atoms with van der Waals surface area (Å²) in [6, 6.07) is 2.03. The van der Waals surface area contributed by atoms with Gasteiger partial charge in [-0.2, -0.15) is 5.26 Å². The van der Waals surface area contributed by atoms with E-state index in [0.29, 0.717) is 6.42 Å². The van der Waals surface area contributed by atoms with Gasteiger partial charge in [0.05, 0.1) is 6.07 Å². The summed E-state index contributed by atoms with van der Waals surface area (Å²) in [7, 11) is 5.77. The van der Waals surface area contributed by atoms with Crippen molar-refractivity contribution in [1.82, 2.24) is 9.80 Å². The number of rotatable bonds is 6. The van der Waals surface area contributed by atoms with Crippen LogP contribution in [-0.4, -0.2) is 49.9 Å². The van der Waals surface area contributed by atoms with Gasteiger partial charge in [-0.1, -0.05) is 6.92 Å². The standard InChI is InChI=1S/C11H21N3O/c1-5-10(9-12)11(15)14(4)8-6-7-13(2)3/h10H,5-8H2,1-4H3. The summed E-state index contributed by atoms with van der Waals surface area (Å²) in [6.45, 7) is 3.54. The van der Waals surface area contributed by atoms with Gasteiger partial charge < -0.3 is 9.80 Å². The highest BCUT2D eigenvalue weighted by Gasteiger charge is 2.19. The smallest absolute Gasteiger partial charge is 0.239 e. The lowest BCUT2D eigenvalue weighted by Gasteiger charge is -2.20. The Balaban J connectivity index is 3.94. The zero-order valence-electron chi connectivity index (χ0n) is 10.2. The van der Waals surface area contributed by atoms with E-state index in [2.05, 4.69) is 4.90 Å². The number of hydrogen-bond donors (Lipinski definition) is 0. The first-order valence-corrected chi connectivity index (χ1v) is 5.32. The zero-order chi connectivity index (χ0) is 11.8. The van der Waals surface area contributed by atoms with E-state index in [1.165, 1.54) is 0 Å². The highest BCUT2D eigenvalue weighted by Crippen LogP contribution is 2.05. The fourth-order valence-electron chi connectivity index (χ4n) is 1.32. The molecule has 86 valence electrons. The normalized spacial score (nSPS) is 12.3. The van der Waals surface area contributed by atoms with Gasteiger partial charge >= 0.3 is 0 Å². The van der Waals surface area contributed by atoms with Gasteiger partial charge in [-0.15, -0.1) is 0 Å². The van der Waals surface area contributed by atoms with E-state index in [9.17, 15) is 4.79 Å². The van der Waals surface area contributed by atoms with Crippen LogP contribution in [0.5, 0.6) is 0 Å². The molecule has 0 spiro atoms. The van der Waals surface area contributed by atoms with Gasteiger partial charge in [0, 0.05) is 13.6 Å². The minimum atomic E-state index is -0.477. The molecule has 0 heterocycles. The first-order chi connectivity index (χ1) is 7.02. The van der Waals surface area contributed by atoms with E-state index < -0.39 is 5.92 Å². The van der Waals surface area contributed by atoms with Crippen LogP contribution in [0.15, 0.2) is 0 Å². The number of amides is 1.